The van der Waals surface area contributed by atoms with Gasteiger partial charge in [-0.25, -0.2) is 13.9 Å². The number of benzene rings is 2. The van der Waals surface area contributed by atoms with Crippen molar-refractivity contribution < 1.29 is 36.4 Å². The van der Waals surface area contributed by atoms with Crippen molar-refractivity contribution in [2.45, 2.75) is 6.54 Å². The number of nitrogens with one attached hydrogen (secondary N) is 2. The topological polar surface area (TPSA) is 96.5 Å². The van der Waals surface area contributed by atoms with E-state index >= 15 is 0 Å². The summed E-state index contributed by atoms with van der Waals surface area (Å²) in [5.41, 5.74) is 0.651. The molecule has 2 amide bonds. The maximum Gasteiger partial charge on any atom is 0.411 e. The average Bonchev–Trinajstić information content (AvgIpc) is 3.02. The van der Waals surface area contributed by atoms with Crippen molar-refractivity contribution >= 4 is 34.1 Å². The second-order valence-electron chi connectivity index (χ2n) is 5.78. The predicted octanol–water partition coefficient (Wildman–Crippen LogP) is -1.01. The van der Waals surface area contributed by atoms with E-state index in [1.165, 1.54) is 7.11 Å². The molecule has 3 N–H and O–H groups in total. The molecule has 3 rings (SSSR count). The Morgan fingerprint density at radius 3 is 2.63 bits per heavy atom. The molecule has 0 fully saturated rings. The molecule has 0 aliphatic heterocycles. The first kappa shape index (κ1) is 20.1. The van der Waals surface area contributed by atoms with Crippen molar-refractivity contribution in [1.82, 2.24) is 4.57 Å². The molecule has 0 spiro atoms. The van der Waals surface area contributed by atoms with Crippen LogP contribution in [0.2, 0.25) is 0 Å². The molecule has 8 nitrogen and oxygen atoms in total. The Morgan fingerprint density at radius 1 is 1.19 bits per heavy atom. The third-order valence-corrected chi connectivity index (χ3v) is 3.86. The number of phenolic OH excluding ortho intramolecular Hbond substituents is 1. The number of aromatic hydroxyl groups is 1. The lowest BCUT2D eigenvalue weighted by Crippen LogP contribution is -3.00. The monoisotopic (exact) mass is 390 g/mol. The van der Waals surface area contributed by atoms with E-state index in [0.29, 0.717) is 11.1 Å². The number of imidazole rings is 1. The third-order valence-electron chi connectivity index (χ3n) is 3.86. The average molecular weight is 391 g/mol. The molecule has 0 saturated carbocycles. The van der Waals surface area contributed by atoms with E-state index in [0.717, 1.165) is 5.39 Å². The second kappa shape index (κ2) is 8.41. The van der Waals surface area contributed by atoms with Gasteiger partial charge in [0.15, 0.2) is 6.54 Å². The summed E-state index contributed by atoms with van der Waals surface area (Å²) in [5.74, 6) is -0.379. The van der Waals surface area contributed by atoms with E-state index in [1.54, 1.807) is 47.4 Å². The SMILES string of the molecule is COC(=O)Nc1ccc2cccc(NC(=O)Cn3cc[n+](C)c3)c2c1O.[Cl-]. The summed E-state index contributed by atoms with van der Waals surface area (Å²) in [6.07, 6.45) is 4.72. The summed E-state index contributed by atoms with van der Waals surface area (Å²) in [5, 5.41) is 17.0. The quantitative estimate of drug-likeness (QED) is 0.393. The Kier molecular flexibility index (Phi) is 6.25. The molecule has 1 heterocycles. The van der Waals surface area contributed by atoms with Crippen LogP contribution in [-0.4, -0.2) is 28.8 Å². The van der Waals surface area contributed by atoms with Gasteiger partial charge in [0.2, 0.25) is 6.33 Å². The normalized spacial score (nSPS) is 10.1. The summed E-state index contributed by atoms with van der Waals surface area (Å²) >= 11 is 0. The molecule has 0 saturated heterocycles. The Bertz CT molecular complexity index is 987. The summed E-state index contributed by atoms with van der Waals surface area (Å²) in [7, 11) is 3.10. The van der Waals surface area contributed by atoms with Gasteiger partial charge in [-0.15, -0.1) is 0 Å². The van der Waals surface area contributed by atoms with E-state index in [1.807, 2.05) is 17.8 Å². The van der Waals surface area contributed by atoms with Gasteiger partial charge in [0.05, 0.1) is 25.5 Å². The predicted molar refractivity (Wildman–Crippen MR) is 95.9 cm³/mol. The fourth-order valence-corrected chi connectivity index (χ4v) is 2.68. The zero-order valence-electron chi connectivity index (χ0n) is 14.8. The van der Waals surface area contributed by atoms with Crippen LogP contribution in [0.3, 0.4) is 0 Å². The van der Waals surface area contributed by atoms with Crippen LogP contribution in [-0.2, 0) is 23.1 Å². The minimum Gasteiger partial charge on any atom is -1.00 e. The van der Waals surface area contributed by atoms with E-state index in [9.17, 15) is 14.7 Å². The molecule has 0 unspecified atom stereocenters. The maximum absolute atomic E-state index is 12.3. The number of aryl methyl sites for hydroxylation is 1. The zero-order valence-corrected chi connectivity index (χ0v) is 15.5. The van der Waals surface area contributed by atoms with Crippen molar-refractivity contribution in [3.63, 3.8) is 0 Å². The van der Waals surface area contributed by atoms with Crippen LogP contribution in [0.15, 0.2) is 49.1 Å². The number of nitrogens with zero attached hydrogens (tertiary/aromatic N) is 2. The van der Waals surface area contributed by atoms with Crippen molar-refractivity contribution in [1.29, 1.82) is 0 Å². The van der Waals surface area contributed by atoms with Crippen LogP contribution in [0.25, 0.3) is 10.8 Å². The number of hydrogen-bond acceptors (Lipinski definition) is 4. The summed E-state index contributed by atoms with van der Waals surface area (Å²) in [6.45, 7) is 0.137. The number of phenols is 1. The highest BCUT2D eigenvalue weighted by Crippen LogP contribution is 2.37. The van der Waals surface area contributed by atoms with Crippen molar-refractivity contribution in [2.75, 3.05) is 17.7 Å². The lowest BCUT2D eigenvalue weighted by molar-refractivity contribution is -0.671. The number of aromatic nitrogens is 2. The van der Waals surface area contributed by atoms with Crippen molar-refractivity contribution in [2.24, 2.45) is 7.05 Å². The van der Waals surface area contributed by atoms with E-state index in [2.05, 4.69) is 15.4 Å². The highest BCUT2D eigenvalue weighted by atomic mass is 35.5. The maximum atomic E-state index is 12.3. The number of carbonyl (C=O) groups excluding carboxylic acids is 2. The first-order valence-corrected chi connectivity index (χ1v) is 7.88. The number of fused-ring (bicyclic) bond motifs is 1. The fraction of sp³-hybridized carbons (Fsp3) is 0.167. The van der Waals surface area contributed by atoms with Crippen molar-refractivity contribution in [3.05, 3.63) is 49.1 Å². The van der Waals surface area contributed by atoms with Gasteiger partial charge >= 0.3 is 6.09 Å². The van der Waals surface area contributed by atoms with Gasteiger partial charge in [-0.3, -0.25) is 10.1 Å². The Hall–Kier alpha value is -3.26. The molecule has 3 aromatic rings. The highest BCUT2D eigenvalue weighted by molar-refractivity contribution is 6.08. The Morgan fingerprint density at radius 2 is 1.96 bits per heavy atom. The molecule has 9 heteroatoms. The molecule has 142 valence electrons. The number of ether oxygens (including phenoxy) is 1. The number of methoxy groups -OCH3 is 1. The molecule has 0 radical (unpaired) electrons. The fourth-order valence-electron chi connectivity index (χ4n) is 2.68. The largest absolute Gasteiger partial charge is 1.00 e. The van der Waals surface area contributed by atoms with Gasteiger partial charge < -0.3 is 27.6 Å². The number of rotatable bonds is 4. The van der Waals surface area contributed by atoms with Crippen LogP contribution < -0.4 is 27.6 Å². The van der Waals surface area contributed by atoms with Gasteiger partial charge in [0.25, 0.3) is 5.91 Å². The van der Waals surface area contributed by atoms with E-state index in [-0.39, 0.29) is 36.3 Å². The van der Waals surface area contributed by atoms with Gasteiger partial charge in [0, 0.05) is 5.39 Å². The van der Waals surface area contributed by atoms with Crippen LogP contribution in [0.5, 0.6) is 5.75 Å². The standard InChI is InChI=1S/C18H18N4O4.ClH/c1-21-8-9-22(11-21)10-15(23)19-13-5-3-4-12-6-7-14(17(24)16(12)13)20-18(25)26-2;/h3-9,11H,10H2,1-2H3,(H2-,19,20,23,24,25);1H. The Labute approximate surface area is 161 Å². The van der Waals surface area contributed by atoms with Crippen LogP contribution in [0.1, 0.15) is 0 Å². The molecular formula is C18H19ClN4O4. The molecule has 27 heavy (non-hydrogen) atoms. The van der Waals surface area contributed by atoms with Crippen LogP contribution >= 0.6 is 0 Å². The number of carbonyl (C=O) groups is 2. The minimum atomic E-state index is -0.693. The molecule has 0 bridgehead atoms. The molecule has 0 aliphatic rings. The van der Waals surface area contributed by atoms with Gasteiger partial charge in [0.1, 0.15) is 18.1 Å². The smallest absolute Gasteiger partial charge is 0.411 e. The van der Waals surface area contributed by atoms with Crippen LogP contribution in [0, 0.1) is 0 Å². The molecule has 2 aromatic carbocycles. The van der Waals surface area contributed by atoms with E-state index < -0.39 is 6.09 Å². The van der Waals surface area contributed by atoms with Gasteiger partial charge in [-0.05, 0) is 17.5 Å². The molecule has 0 aliphatic carbocycles. The first-order valence-electron chi connectivity index (χ1n) is 7.88. The minimum absolute atomic E-state index is 0. The summed E-state index contributed by atoms with van der Waals surface area (Å²) in [6, 6.07) is 8.58. The molecular weight excluding hydrogens is 372 g/mol. The number of amides is 2. The van der Waals surface area contributed by atoms with Crippen LogP contribution in [0.4, 0.5) is 16.2 Å². The first-order chi connectivity index (χ1) is 12.5. The Balaban J connectivity index is 0.00000261. The van der Waals surface area contributed by atoms with Gasteiger partial charge in [-0.1, -0.05) is 18.2 Å². The highest BCUT2D eigenvalue weighted by Gasteiger charge is 2.15. The summed E-state index contributed by atoms with van der Waals surface area (Å²) in [4.78, 5) is 23.8. The number of anilines is 2. The third kappa shape index (κ3) is 4.48. The molecule has 1 aromatic heterocycles. The van der Waals surface area contributed by atoms with E-state index in [4.69, 9.17) is 0 Å². The number of hydrogen-bond donors (Lipinski definition) is 3. The number of halogens is 1. The van der Waals surface area contributed by atoms with Crippen molar-refractivity contribution in [3.8, 4) is 5.75 Å². The summed E-state index contributed by atoms with van der Waals surface area (Å²) < 4.78 is 8.12. The second-order valence-corrected chi connectivity index (χ2v) is 5.78. The molecule has 0 atom stereocenters. The zero-order chi connectivity index (χ0) is 18.7. The lowest BCUT2D eigenvalue weighted by atomic mass is 10.1. The lowest BCUT2D eigenvalue weighted by Gasteiger charge is -2.13. The van der Waals surface area contributed by atoms with Gasteiger partial charge in [-0.2, -0.15) is 0 Å².